The number of aryl methyl sites for hydroxylation is 3. The molecule has 3 rings (SSSR count). The molecular weight excluding hydrogens is 631 g/mol. The molecule has 0 atom stereocenters. The van der Waals surface area contributed by atoms with Crippen LogP contribution < -0.4 is 9.13 Å². The van der Waals surface area contributed by atoms with E-state index in [1.165, 1.54) is 152 Å². The van der Waals surface area contributed by atoms with Crippen LogP contribution in [0.5, 0.6) is 0 Å². The van der Waals surface area contributed by atoms with Crippen LogP contribution in [-0.4, -0.2) is 11.4 Å². The number of rotatable bonds is 25. The first-order valence-corrected chi connectivity index (χ1v) is 21.7. The third-order valence-corrected chi connectivity index (χ3v) is 12.4. The predicted molar refractivity (Wildman–Crippen MR) is 212 cm³/mol. The van der Waals surface area contributed by atoms with Crippen LogP contribution in [0.1, 0.15) is 164 Å². The quantitative estimate of drug-likeness (QED) is 0.0581. The average molecular weight is 698 g/mol. The van der Waals surface area contributed by atoms with Gasteiger partial charge in [-0.15, -0.1) is 0 Å². The second kappa shape index (κ2) is 23.7. The van der Waals surface area contributed by atoms with Crippen molar-refractivity contribution in [3.8, 4) is 0 Å². The van der Waals surface area contributed by atoms with Gasteiger partial charge in [-0.25, -0.2) is 0 Å². The number of hydrogen-bond donors (Lipinski definition) is 0. The summed E-state index contributed by atoms with van der Waals surface area (Å²) in [5, 5.41) is 8.80. The standard InChI is InChI=1S/C41H67N3S3/c1-7-10-13-16-19-22-29-42-32-37(6)47-39(42)27-25-38(41-44(36(5)34-46-41)31-24-21-18-15-12-9-3)26-28-40-43(35(4)33-45-40)30-23-20-17-14-11-8-2/h25-28,32-34H,7-24,29-31H2,1-6H3/q+2. The Morgan fingerprint density at radius 3 is 2.00 bits per heavy atom. The minimum absolute atomic E-state index is 1.11. The lowest BCUT2D eigenvalue weighted by molar-refractivity contribution is -0.700. The monoisotopic (exact) mass is 697 g/mol. The molecule has 0 aromatic carbocycles. The third kappa shape index (κ3) is 14.4. The van der Waals surface area contributed by atoms with Crippen LogP contribution in [0.2, 0.25) is 0 Å². The summed E-state index contributed by atoms with van der Waals surface area (Å²) in [5.74, 6) is 0. The maximum absolute atomic E-state index is 2.59. The molecule has 0 aliphatic carbocycles. The lowest BCUT2D eigenvalue weighted by Crippen LogP contribution is -2.38. The van der Waals surface area contributed by atoms with Crippen LogP contribution in [0.4, 0.5) is 0 Å². The van der Waals surface area contributed by atoms with Crippen LogP contribution >= 0.6 is 34.4 Å². The van der Waals surface area contributed by atoms with Crippen molar-refractivity contribution in [2.45, 2.75) is 170 Å². The van der Waals surface area contributed by atoms with Crippen LogP contribution in [0, 0.1) is 13.8 Å². The van der Waals surface area contributed by atoms with E-state index in [2.05, 4.69) is 96.9 Å². The third-order valence-electron chi connectivity index (χ3n) is 9.22. The zero-order chi connectivity index (χ0) is 33.7. The van der Waals surface area contributed by atoms with Gasteiger partial charge in [0, 0.05) is 38.1 Å². The average Bonchev–Trinajstić information content (AvgIpc) is 3.73. The van der Waals surface area contributed by atoms with Crippen molar-refractivity contribution in [1.82, 2.24) is 4.90 Å². The van der Waals surface area contributed by atoms with E-state index in [1.54, 1.807) is 0 Å². The van der Waals surface area contributed by atoms with Gasteiger partial charge in [0.15, 0.2) is 11.9 Å². The van der Waals surface area contributed by atoms with Gasteiger partial charge < -0.3 is 4.90 Å². The molecule has 0 amide bonds. The maximum Gasteiger partial charge on any atom is 0.269 e. The van der Waals surface area contributed by atoms with Gasteiger partial charge in [0.25, 0.3) is 10.0 Å². The first-order valence-electron chi connectivity index (χ1n) is 19.2. The summed E-state index contributed by atoms with van der Waals surface area (Å²) in [5.41, 5.74) is 4.09. The van der Waals surface area contributed by atoms with E-state index in [0.717, 1.165) is 19.6 Å². The summed E-state index contributed by atoms with van der Waals surface area (Å²) in [6.45, 7) is 17.1. The van der Waals surface area contributed by atoms with Gasteiger partial charge in [-0.1, -0.05) is 139 Å². The van der Waals surface area contributed by atoms with Gasteiger partial charge in [0.05, 0.1) is 20.9 Å². The number of allylic oxidation sites excluding steroid dienone is 5. The molecule has 262 valence electrons. The highest BCUT2D eigenvalue weighted by atomic mass is 32.2. The van der Waals surface area contributed by atoms with Crippen molar-refractivity contribution >= 4 is 46.1 Å². The van der Waals surface area contributed by atoms with E-state index >= 15 is 0 Å². The Kier molecular flexibility index (Phi) is 20.1. The predicted octanol–water partition coefficient (Wildman–Crippen LogP) is 12.9. The van der Waals surface area contributed by atoms with Gasteiger partial charge in [-0.3, -0.25) is 0 Å². The largest absolute Gasteiger partial charge is 0.339 e. The minimum Gasteiger partial charge on any atom is -0.339 e. The number of nitrogens with zero attached hydrogens (tertiary/aromatic N) is 3. The summed E-state index contributed by atoms with van der Waals surface area (Å²) >= 11 is 5.72. The summed E-state index contributed by atoms with van der Waals surface area (Å²) in [4.78, 5) is 3.94. The second-order valence-electron chi connectivity index (χ2n) is 13.5. The van der Waals surface area contributed by atoms with Gasteiger partial charge in [0.1, 0.15) is 13.1 Å². The first kappa shape index (κ1) is 39.8. The molecule has 2 aromatic heterocycles. The molecule has 0 unspecified atom stereocenters. The molecule has 0 radical (unpaired) electrons. The van der Waals surface area contributed by atoms with Crippen LogP contribution in [0.15, 0.2) is 45.9 Å². The van der Waals surface area contributed by atoms with E-state index in [1.807, 2.05) is 34.4 Å². The van der Waals surface area contributed by atoms with Crippen molar-refractivity contribution in [2.75, 3.05) is 6.54 Å². The molecule has 0 saturated heterocycles. The molecule has 2 aromatic rings. The van der Waals surface area contributed by atoms with Crippen LogP contribution in [0.25, 0.3) is 11.6 Å². The topological polar surface area (TPSA) is 11.0 Å². The Hall–Kier alpha value is -1.63. The zero-order valence-corrected chi connectivity index (χ0v) is 33.4. The number of aromatic nitrogens is 2. The Balaban J connectivity index is 1.82. The van der Waals surface area contributed by atoms with Gasteiger partial charge in [0.2, 0.25) is 0 Å². The molecule has 0 spiro atoms. The van der Waals surface area contributed by atoms with Gasteiger partial charge in [-0.2, -0.15) is 9.13 Å². The van der Waals surface area contributed by atoms with Crippen molar-refractivity contribution < 1.29 is 9.13 Å². The highest BCUT2D eigenvalue weighted by Crippen LogP contribution is 2.35. The number of thiazole rings is 2. The van der Waals surface area contributed by atoms with E-state index in [-0.39, 0.29) is 0 Å². The summed E-state index contributed by atoms with van der Waals surface area (Å²) < 4.78 is 5.08. The van der Waals surface area contributed by atoms with E-state index in [9.17, 15) is 0 Å². The SMILES string of the molecule is CCCCCCCCN1C(C)=CS\C1=C/C=C(/C=C/c1sc(C)c[n+]1CCCCCCCC)c1scc(C)[n+]1CCCCCCCC. The molecule has 3 heterocycles. The molecule has 3 nitrogen and oxygen atoms in total. The molecule has 1 aliphatic rings. The molecular formula is C41H67N3S3+2. The van der Waals surface area contributed by atoms with Crippen LogP contribution in [-0.2, 0) is 13.1 Å². The first-order chi connectivity index (χ1) is 23.0. The van der Waals surface area contributed by atoms with Crippen molar-refractivity contribution in [3.63, 3.8) is 0 Å². The Labute approximate surface area is 302 Å². The molecule has 0 saturated carbocycles. The fourth-order valence-corrected chi connectivity index (χ4v) is 9.19. The van der Waals surface area contributed by atoms with E-state index in [4.69, 9.17) is 0 Å². The van der Waals surface area contributed by atoms with Crippen molar-refractivity contribution in [2.24, 2.45) is 0 Å². The molecule has 0 bridgehead atoms. The lowest BCUT2D eigenvalue weighted by atomic mass is 10.1. The lowest BCUT2D eigenvalue weighted by Gasteiger charge is -2.21. The number of unbranched alkanes of at least 4 members (excludes halogenated alkanes) is 15. The summed E-state index contributed by atoms with van der Waals surface area (Å²) in [6, 6.07) is 0. The van der Waals surface area contributed by atoms with E-state index in [0.29, 0.717) is 0 Å². The van der Waals surface area contributed by atoms with E-state index < -0.39 is 0 Å². The maximum atomic E-state index is 2.59. The zero-order valence-electron chi connectivity index (χ0n) is 31.0. The Morgan fingerprint density at radius 1 is 0.745 bits per heavy atom. The fourth-order valence-electron chi connectivity index (χ4n) is 6.31. The Bertz CT molecular complexity index is 1280. The molecule has 6 heteroatoms. The van der Waals surface area contributed by atoms with Gasteiger partial charge in [-0.05, 0) is 56.7 Å². The van der Waals surface area contributed by atoms with Gasteiger partial charge >= 0.3 is 0 Å². The molecule has 1 aliphatic heterocycles. The van der Waals surface area contributed by atoms with Crippen molar-refractivity contribution in [3.05, 3.63) is 66.5 Å². The highest BCUT2D eigenvalue weighted by molar-refractivity contribution is 8.06. The fraction of sp³-hybridized carbons (Fsp3) is 0.659. The normalized spacial score (nSPS) is 14.8. The minimum atomic E-state index is 1.11. The Morgan fingerprint density at radius 2 is 1.34 bits per heavy atom. The summed E-state index contributed by atoms with van der Waals surface area (Å²) in [7, 11) is 0. The number of thioether (sulfide) groups is 1. The smallest absolute Gasteiger partial charge is 0.269 e. The molecule has 47 heavy (non-hydrogen) atoms. The van der Waals surface area contributed by atoms with Crippen molar-refractivity contribution in [1.29, 1.82) is 0 Å². The molecule has 0 fully saturated rings. The van der Waals surface area contributed by atoms with Crippen LogP contribution in [0.3, 0.4) is 0 Å². The second-order valence-corrected chi connectivity index (χ2v) is 16.5. The molecule has 0 N–H and O–H groups in total. The summed E-state index contributed by atoms with van der Waals surface area (Å²) in [6.07, 6.45) is 36.0. The highest BCUT2D eigenvalue weighted by Gasteiger charge is 2.22. The number of hydrogen-bond acceptors (Lipinski definition) is 4.